The van der Waals surface area contributed by atoms with Crippen LogP contribution >= 0.6 is 0 Å². The average Bonchev–Trinajstić information content (AvgIpc) is 3.21. The van der Waals surface area contributed by atoms with Gasteiger partial charge < -0.3 is 20.1 Å². The molecule has 8 nitrogen and oxygen atoms in total. The number of hydrogen-bond acceptors (Lipinski definition) is 7. The van der Waals surface area contributed by atoms with Crippen molar-refractivity contribution in [3.05, 3.63) is 71.4 Å². The van der Waals surface area contributed by atoms with Crippen LogP contribution in [-0.4, -0.2) is 28.7 Å². The largest absolute Gasteiger partial charge is 0.454 e. The first-order valence-electron chi connectivity index (χ1n) is 8.97. The summed E-state index contributed by atoms with van der Waals surface area (Å²) in [7, 11) is 0. The minimum Gasteiger partial charge on any atom is -0.454 e. The van der Waals surface area contributed by atoms with E-state index in [-0.39, 0.29) is 24.2 Å². The molecule has 0 radical (unpaired) electrons. The van der Waals surface area contributed by atoms with E-state index in [1.54, 1.807) is 36.4 Å². The van der Waals surface area contributed by atoms with Crippen LogP contribution in [0.4, 0.5) is 11.5 Å². The minimum absolute atomic E-state index is 0.00690. The van der Waals surface area contributed by atoms with Gasteiger partial charge in [0.1, 0.15) is 0 Å². The second kappa shape index (κ2) is 7.97. The number of ketones is 1. The van der Waals surface area contributed by atoms with Gasteiger partial charge in [-0.05, 0) is 61.0 Å². The van der Waals surface area contributed by atoms with E-state index in [1.165, 1.54) is 6.92 Å². The van der Waals surface area contributed by atoms with Gasteiger partial charge in [0.25, 0.3) is 5.91 Å². The molecule has 1 amide bonds. The molecule has 146 valence electrons. The number of carbonyl (C=O) groups excluding carboxylic acids is 2. The molecule has 8 heteroatoms. The molecule has 0 unspecified atom stereocenters. The Balaban J connectivity index is 1.34. The van der Waals surface area contributed by atoms with E-state index < -0.39 is 0 Å². The van der Waals surface area contributed by atoms with Crippen molar-refractivity contribution in [1.82, 2.24) is 15.5 Å². The van der Waals surface area contributed by atoms with Gasteiger partial charge in [0.2, 0.25) is 6.79 Å². The Labute approximate surface area is 166 Å². The summed E-state index contributed by atoms with van der Waals surface area (Å²) in [6, 6.07) is 15.8. The highest BCUT2D eigenvalue weighted by Gasteiger charge is 2.14. The number of Topliss-reactive ketones (excluding diaryl/α,β-unsaturated/α-hetero) is 1. The molecule has 0 spiro atoms. The topological polar surface area (TPSA) is 102 Å². The number of hydrogen-bond donors (Lipinski definition) is 2. The van der Waals surface area contributed by atoms with Gasteiger partial charge >= 0.3 is 0 Å². The lowest BCUT2D eigenvalue weighted by Crippen LogP contribution is -2.24. The van der Waals surface area contributed by atoms with Crippen LogP contribution in [0.25, 0.3) is 0 Å². The molecule has 1 aliphatic rings. The number of aromatic nitrogens is 2. The minimum atomic E-state index is -0.326. The van der Waals surface area contributed by atoms with Gasteiger partial charge in [0, 0.05) is 17.8 Å². The fourth-order valence-electron chi connectivity index (χ4n) is 2.78. The number of amides is 1. The summed E-state index contributed by atoms with van der Waals surface area (Å²) >= 11 is 0. The SMILES string of the molecule is CC(=O)c1ccc(Nc2ccc(C(=O)NCc3ccc4c(c3)OCO4)nn2)cc1. The van der Waals surface area contributed by atoms with Crippen LogP contribution < -0.4 is 20.1 Å². The van der Waals surface area contributed by atoms with Crippen LogP contribution in [0.2, 0.25) is 0 Å². The first-order valence-corrected chi connectivity index (χ1v) is 8.97. The fourth-order valence-corrected chi connectivity index (χ4v) is 2.78. The lowest BCUT2D eigenvalue weighted by atomic mass is 10.1. The van der Waals surface area contributed by atoms with E-state index >= 15 is 0 Å². The standard InChI is InChI=1S/C21H18N4O4/c1-13(26)15-3-5-16(6-4-15)23-20-9-7-17(24-25-20)21(27)22-11-14-2-8-18-19(10-14)29-12-28-18/h2-10H,11-12H2,1H3,(H,22,27)(H,23,25). The second-order valence-electron chi connectivity index (χ2n) is 6.43. The number of carbonyl (C=O) groups is 2. The van der Waals surface area contributed by atoms with Crippen molar-refractivity contribution < 1.29 is 19.1 Å². The zero-order valence-corrected chi connectivity index (χ0v) is 15.6. The summed E-state index contributed by atoms with van der Waals surface area (Å²) < 4.78 is 10.6. The van der Waals surface area contributed by atoms with Gasteiger partial charge in [-0.15, -0.1) is 10.2 Å². The molecule has 3 aromatic rings. The molecule has 2 heterocycles. The van der Waals surface area contributed by atoms with Crippen LogP contribution in [0.15, 0.2) is 54.6 Å². The highest BCUT2D eigenvalue weighted by atomic mass is 16.7. The van der Waals surface area contributed by atoms with E-state index in [0.717, 1.165) is 11.3 Å². The molecule has 29 heavy (non-hydrogen) atoms. The summed E-state index contributed by atoms with van der Waals surface area (Å²) in [4.78, 5) is 23.6. The number of nitrogens with one attached hydrogen (secondary N) is 2. The highest BCUT2D eigenvalue weighted by Crippen LogP contribution is 2.32. The van der Waals surface area contributed by atoms with Crippen LogP contribution in [-0.2, 0) is 6.54 Å². The van der Waals surface area contributed by atoms with Gasteiger partial charge in [0.05, 0.1) is 0 Å². The lowest BCUT2D eigenvalue weighted by molar-refractivity contribution is 0.0944. The first-order chi connectivity index (χ1) is 14.1. The predicted octanol–water partition coefficient (Wildman–Crippen LogP) is 3.08. The summed E-state index contributed by atoms with van der Waals surface area (Å²) in [5.41, 5.74) is 2.51. The van der Waals surface area contributed by atoms with Crippen LogP contribution in [0.5, 0.6) is 11.5 Å². The number of fused-ring (bicyclic) bond motifs is 1. The average molecular weight is 390 g/mol. The first kappa shape index (κ1) is 18.4. The van der Waals surface area contributed by atoms with E-state index in [0.29, 0.717) is 29.4 Å². The van der Waals surface area contributed by atoms with E-state index in [1.807, 2.05) is 18.2 Å². The number of benzene rings is 2. The number of anilines is 2. The molecule has 0 saturated carbocycles. The molecule has 1 aliphatic heterocycles. The van der Waals surface area contributed by atoms with Crippen LogP contribution in [0, 0.1) is 0 Å². The molecule has 4 rings (SSSR count). The van der Waals surface area contributed by atoms with Gasteiger partial charge in [-0.3, -0.25) is 9.59 Å². The Morgan fingerprint density at radius 1 is 0.966 bits per heavy atom. The zero-order valence-electron chi connectivity index (χ0n) is 15.6. The molecular weight excluding hydrogens is 372 g/mol. The molecule has 0 saturated heterocycles. The molecule has 1 aromatic heterocycles. The van der Waals surface area contributed by atoms with Crippen molar-refractivity contribution in [3.63, 3.8) is 0 Å². The third-order valence-corrected chi connectivity index (χ3v) is 4.35. The molecule has 2 N–H and O–H groups in total. The molecule has 0 bridgehead atoms. The second-order valence-corrected chi connectivity index (χ2v) is 6.43. The van der Waals surface area contributed by atoms with Crippen molar-refractivity contribution in [2.24, 2.45) is 0 Å². The van der Waals surface area contributed by atoms with Crippen molar-refractivity contribution >= 4 is 23.2 Å². The summed E-state index contributed by atoms with van der Waals surface area (Å²) in [5, 5.41) is 13.9. The van der Waals surface area contributed by atoms with Gasteiger partial charge in [-0.2, -0.15) is 0 Å². The Bertz CT molecular complexity index is 1050. The summed E-state index contributed by atoms with van der Waals surface area (Å²) in [5.74, 6) is 1.54. The third-order valence-electron chi connectivity index (χ3n) is 4.35. The van der Waals surface area contributed by atoms with E-state index in [4.69, 9.17) is 9.47 Å². The quantitative estimate of drug-likeness (QED) is 0.624. The molecule has 0 atom stereocenters. The molecule has 0 aliphatic carbocycles. The van der Waals surface area contributed by atoms with Gasteiger partial charge in [-0.1, -0.05) is 6.07 Å². The summed E-state index contributed by atoms with van der Waals surface area (Å²) in [6.45, 7) is 2.06. The molecular formula is C21H18N4O4. The Kier molecular flexibility index (Phi) is 5.07. The van der Waals surface area contributed by atoms with Crippen LogP contribution in [0.1, 0.15) is 33.3 Å². The number of rotatable bonds is 6. The molecule has 2 aromatic carbocycles. The highest BCUT2D eigenvalue weighted by molar-refractivity contribution is 5.94. The predicted molar refractivity (Wildman–Crippen MR) is 105 cm³/mol. The maximum Gasteiger partial charge on any atom is 0.272 e. The van der Waals surface area contributed by atoms with Crippen molar-refractivity contribution in [3.8, 4) is 11.5 Å². The maximum atomic E-state index is 12.3. The van der Waals surface area contributed by atoms with Crippen LogP contribution in [0.3, 0.4) is 0 Å². The Morgan fingerprint density at radius 3 is 2.48 bits per heavy atom. The summed E-state index contributed by atoms with van der Waals surface area (Å²) in [6.07, 6.45) is 0. The fraction of sp³-hybridized carbons (Fsp3) is 0.143. The Morgan fingerprint density at radius 2 is 1.76 bits per heavy atom. The monoisotopic (exact) mass is 390 g/mol. The number of nitrogens with zero attached hydrogens (tertiary/aromatic N) is 2. The van der Waals surface area contributed by atoms with Crippen molar-refractivity contribution in [2.75, 3.05) is 12.1 Å². The van der Waals surface area contributed by atoms with Crippen molar-refractivity contribution in [2.45, 2.75) is 13.5 Å². The normalized spacial score (nSPS) is 11.8. The van der Waals surface area contributed by atoms with Gasteiger partial charge in [-0.25, -0.2) is 0 Å². The van der Waals surface area contributed by atoms with Gasteiger partial charge in [0.15, 0.2) is 28.8 Å². The van der Waals surface area contributed by atoms with E-state index in [9.17, 15) is 9.59 Å². The smallest absolute Gasteiger partial charge is 0.272 e. The lowest BCUT2D eigenvalue weighted by Gasteiger charge is -2.07. The maximum absolute atomic E-state index is 12.3. The molecule has 0 fully saturated rings. The van der Waals surface area contributed by atoms with Crippen molar-refractivity contribution in [1.29, 1.82) is 0 Å². The van der Waals surface area contributed by atoms with E-state index in [2.05, 4.69) is 20.8 Å². The third kappa shape index (κ3) is 4.32. The Hall–Kier alpha value is -3.94. The number of ether oxygens (including phenoxy) is 2. The zero-order chi connectivity index (χ0) is 20.2.